The van der Waals surface area contributed by atoms with E-state index in [9.17, 15) is 19.5 Å². The summed E-state index contributed by atoms with van der Waals surface area (Å²) in [5.74, 6) is 1.37. The van der Waals surface area contributed by atoms with Crippen LogP contribution < -0.4 is 14.2 Å². The molecule has 1 unspecified atom stereocenters. The molecule has 1 N–H and O–H groups in total. The molecule has 2 aromatic carbocycles. The van der Waals surface area contributed by atoms with Crippen LogP contribution in [0, 0.1) is 11.8 Å². The first-order valence-corrected chi connectivity index (χ1v) is 14.7. The van der Waals surface area contributed by atoms with Crippen LogP contribution in [0.2, 0.25) is 0 Å². The molecule has 3 aliphatic rings. The number of carboxylic acid groups (broad SMARTS) is 1. The summed E-state index contributed by atoms with van der Waals surface area (Å²) in [6, 6.07) is 12.5. The van der Waals surface area contributed by atoms with Gasteiger partial charge in [0.25, 0.3) is 0 Å². The summed E-state index contributed by atoms with van der Waals surface area (Å²) >= 11 is 0. The van der Waals surface area contributed by atoms with Crippen LogP contribution in [0.3, 0.4) is 0 Å². The van der Waals surface area contributed by atoms with E-state index in [0.29, 0.717) is 24.0 Å². The van der Waals surface area contributed by atoms with Gasteiger partial charge >= 0.3 is 5.97 Å². The summed E-state index contributed by atoms with van der Waals surface area (Å²) in [6.45, 7) is 4.96. The molecular formula is C32H40N2O7. The Balaban J connectivity index is 1.29. The number of carbonyl (C=O) groups is 3. The van der Waals surface area contributed by atoms with Crippen molar-refractivity contribution in [2.24, 2.45) is 11.8 Å². The first-order valence-electron chi connectivity index (χ1n) is 14.7. The van der Waals surface area contributed by atoms with Gasteiger partial charge in [0.2, 0.25) is 11.8 Å². The normalized spacial score (nSPS) is 21.1. The van der Waals surface area contributed by atoms with Gasteiger partial charge < -0.3 is 19.3 Å². The minimum absolute atomic E-state index is 0.149. The molecule has 0 radical (unpaired) electrons. The van der Waals surface area contributed by atoms with Crippen molar-refractivity contribution in [3.05, 3.63) is 53.1 Å². The third kappa shape index (κ3) is 6.84. The Bertz CT molecular complexity index is 1250. The zero-order valence-corrected chi connectivity index (χ0v) is 24.0. The SMILES string of the molecule is COc1cc(CN(CC2CCC(C(=O)O)CC2)C(C)c2ccc3c(c2)CCO3)ccc1OCCN1C(=O)CCC1=O. The largest absolute Gasteiger partial charge is 0.493 e. The molecule has 220 valence electrons. The van der Waals surface area contributed by atoms with Crippen molar-refractivity contribution in [2.45, 2.75) is 64.5 Å². The maximum atomic E-state index is 11.9. The van der Waals surface area contributed by atoms with Crippen LogP contribution in [-0.4, -0.2) is 66.1 Å². The fraction of sp³-hybridized carbons (Fsp3) is 0.531. The monoisotopic (exact) mass is 564 g/mol. The van der Waals surface area contributed by atoms with Gasteiger partial charge in [0.1, 0.15) is 12.4 Å². The highest BCUT2D eigenvalue weighted by molar-refractivity contribution is 6.01. The van der Waals surface area contributed by atoms with Crippen molar-refractivity contribution in [3.8, 4) is 17.2 Å². The summed E-state index contributed by atoms with van der Waals surface area (Å²) in [5, 5.41) is 9.44. The number of carboxylic acids is 1. The van der Waals surface area contributed by atoms with Crippen LogP contribution >= 0.6 is 0 Å². The fourth-order valence-electron chi connectivity index (χ4n) is 6.24. The molecule has 0 spiro atoms. The molecule has 1 saturated carbocycles. The number of aliphatic carboxylic acids is 1. The van der Waals surface area contributed by atoms with E-state index in [1.165, 1.54) is 16.0 Å². The van der Waals surface area contributed by atoms with Crippen LogP contribution in [-0.2, 0) is 27.3 Å². The molecular weight excluding hydrogens is 524 g/mol. The number of likely N-dealkylation sites (tertiary alicyclic amines) is 1. The quantitative estimate of drug-likeness (QED) is 0.373. The Labute approximate surface area is 241 Å². The zero-order valence-electron chi connectivity index (χ0n) is 24.0. The third-order valence-electron chi connectivity index (χ3n) is 8.77. The highest BCUT2D eigenvalue weighted by atomic mass is 16.5. The van der Waals surface area contributed by atoms with Crippen molar-refractivity contribution in [1.82, 2.24) is 9.80 Å². The number of nitrogens with zero attached hydrogens (tertiary/aromatic N) is 2. The van der Waals surface area contributed by atoms with E-state index < -0.39 is 5.97 Å². The van der Waals surface area contributed by atoms with E-state index in [2.05, 4.69) is 30.0 Å². The number of fused-ring (bicyclic) bond motifs is 1. The number of carbonyl (C=O) groups excluding carboxylic acids is 2. The van der Waals surface area contributed by atoms with Gasteiger partial charge in [-0.15, -0.1) is 0 Å². The van der Waals surface area contributed by atoms with E-state index in [4.69, 9.17) is 14.2 Å². The number of hydrogen-bond acceptors (Lipinski definition) is 7. The molecule has 9 heteroatoms. The molecule has 0 bridgehead atoms. The van der Waals surface area contributed by atoms with E-state index in [-0.39, 0.29) is 49.8 Å². The third-order valence-corrected chi connectivity index (χ3v) is 8.77. The molecule has 0 aromatic heterocycles. The minimum atomic E-state index is -0.679. The number of rotatable bonds is 12. The van der Waals surface area contributed by atoms with Gasteiger partial charge in [0.05, 0.1) is 26.2 Å². The van der Waals surface area contributed by atoms with Crippen molar-refractivity contribution in [3.63, 3.8) is 0 Å². The lowest BCUT2D eigenvalue weighted by Gasteiger charge is -2.35. The summed E-state index contributed by atoms with van der Waals surface area (Å²) in [5.41, 5.74) is 3.57. The highest BCUT2D eigenvalue weighted by Gasteiger charge is 2.30. The lowest BCUT2D eigenvalue weighted by molar-refractivity contribution is -0.143. The molecule has 2 amide bonds. The molecule has 41 heavy (non-hydrogen) atoms. The Kier molecular flexibility index (Phi) is 9.12. The molecule has 9 nitrogen and oxygen atoms in total. The van der Waals surface area contributed by atoms with Gasteiger partial charge in [-0.3, -0.25) is 24.2 Å². The minimum Gasteiger partial charge on any atom is -0.493 e. The smallest absolute Gasteiger partial charge is 0.306 e. The first kappa shape index (κ1) is 28.9. The van der Waals surface area contributed by atoms with Crippen LogP contribution in [0.5, 0.6) is 17.2 Å². The van der Waals surface area contributed by atoms with Crippen LogP contribution in [0.4, 0.5) is 0 Å². The molecule has 1 atom stereocenters. The lowest BCUT2D eigenvalue weighted by atomic mass is 9.81. The maximum absolute atomic E-state index is 11.9. The lowest BCUT2D eigenvalue weighted by Crippen LogP contribution is -2.34. The average molecular weight is 565 g/mol. The van der Waals surface area contributed by atoms with Crippen molar-refractivity contribution >= 4 is 17.8 Å². The Morgan fingerprint density at radius 2 is 1.80 bits per heavy atom. The molecule has 2 fully saturated rings. The Hall–Kier alpha value is -3.59. The summed E-state index contributed by atoms with van der Waals surface area (Å²) < 4.78 is 17.3. The number of imide groups is 1. The van der Waals surface area contributed by atoms with Crippen LogP contribution in [0.25, 0.3) is 0 Å². The number of methoxy groups -OCH3 is 1. The van der Waals surface area contributed by atoms with Crippen molar-refractivity contribution in [2.75, 3.05) is 33.4 Å². The molecule has 2 heterocycles. The summed E-state index contributed by atoms with van der Waals surface area (Å²) in [4.78, 5) is 39.0. The van der Waals surface area contributed by atoms with Gasteiger partial charge in [-0.1, -0.05) is 18.2 Å². The fourth-order valence-corrected chi connectivity index (χ4v) is 6.24. The molecule has 5 rings (SSSR count). The summed E-state index contributed by atoms with van der Waals surface area (Å²) in [7, 11) is 1.60. The standard InChI is InChI=1S/C32H40N2O7/c1-21(25-8-10-27-26(18-25)13-15-40-27)33(19-22-3-6-24(7-4-22)32(37)38)20-23-5-9-28(29(17-23)39-2)41-16-14-34-30(35)11-12-31(34)36/h5,8-10,17-18,21-22,24H,3-4,6-7,11-16,19-20H2,1-2H3,(H,37,38). The van der Waals surface area contributed by atoms with Crippen LogP contribution in [0.1, 0.15) is 68.2 Å². The predicted octanol–water partition coefficient (Wildman–Crippen LogP) is 4.61. The van der Waals surface area contributed by atoms with Crippen molar-refractivity contribution < 1.29 is 33.7 Å². The highest BCUT2D eigenvalue weighted by Crippen LogP contribution is 2.36. The maximum Gasteiger partial charge on any atom is 0.306 e. The van der Waals surface area contributed by atoms with E-state index in [1.54, 1.807) is 7.11 Å². The number of benzene rings is 2. The Morgan fingerprint density at radius 3 is 2.51 bits per heavy atom. The van der Waals surface area contributed by atoms with E-state index in [0.717, 1.165) is 56.6 Å². The van der Waals surface area contributed by atoms with Gasteiger partial charge in [-0.2, -0.15) is 0 Å². The number of ether oxygens (including phenoxy) is 3. The van der Waals surface area contributed by atoms with Gasteiger partial charge in [-0.05, 0) is 73.4 Å². The van der Waals surface area contributed by atoms with E-state index in [1.807, 2.05) is 18.2 Å². The van der Waals surface area contributed by atoms with Gasteiger partial charge in [0, 0.05) is 38.4 Å². The number of hydrogen-bond donors (Lipinski definition) is 1. The molecule has 2 aromatic rings. The second-order valence-corrected chi connectivity index (χ2v) is 11.4. The van der Waals surface area contributed by atoms with Gasteiger partial charge in [0.15, 0.2) is 11.5 Å². The molecule has 1 aliphatic carbocycles. The van der Waals surface area contributed by atoms with Crippen molar-refractivity contribution in [1.29, 1.82) is 0 Å². The van der Waals surface area contributed by atoms with E-state index >= 15 is 0 Å². The summed E-state index contributed by atoms with van der Waals surface area (Å²) in [6.07, 6.45) is 4.75. The van der Waals surface area contributed by atoms with Gasteiger partial charge in [-0.25, -0.2) is 0 Å². The zero-order chi connectivity index (χ0) is 28.9. The molecule has 1 saturated heterocycles. The predicted molar refractivity (Wildman–Crippen MR) is 152 cm³/mol. The number of amides is 2. The van der Waals surface area contributed by atoms with Crippen LogP contribution in [0.15, 0.2) is 36.4 Å². The average Bonchev–Trinajstić information content (AvgIpc) is 3.58. The Morgan fingerprint density at radius 1 is 1.05 bits per heavy atom. The second kappa shape index (κ2) is 12.9. The topological polar surface area (TPSA) is 106 Å². The first-order chi connectivity index (χ1) is 19.8. The molecule has 2 aliphatic heterocycles. The second-order valence-electron chi connectivity index (χ2n) is 11.4.